The molecule has 0 unspecified atom stereocenters. The van der Waals surface area contributed by atoms with E-state index in [0.717, 1.165) is 51.7 Å². The Morgan fingerprint density at radius 2 is 2.00 bits per heavy atom. The topological polar surface area (TPSA) is 85.8 Å². The van der Waals surface area contributed by atoms with Gasteiger partial charge in [-0.2, -0.15) is 5.10 Å². The van der Waals surface area contributed by atoms with E-state index in [1.54, 1.807) is 4.68 Å². The Morgan fingerprint density at radius 3 is 2.71 bits per heavy atom. The number of pyridine rings is 1. The summed E-state index contributed by atoms with van der Waals surface area (Å²) in [6.07, 6.45) is 5.57. The zero-order valence-electron chi connectivity index (χ0n) is 17.7. The number of carbonyl (C=O) groups excluding carboxylic acids is 1. The van der Waals surface area contributed by atoms with Crippen molar-refractivity contribution in [2.45, 2.75) is 31.8 Å². The molecule has 1 saturated carbocycles. The largest absolute Gasteiger partial charge is 0.342 e. The maximum atomic E-state index is 13.3. The van der Waals surface area contributed by atoms with Crippen LogP contribution in [0, 0.1) is 6.92 Å². The molecule has 2 aromatic heterocycles. The SMILES string of the molecule is Cc1ccc(CN)cc1C(=O)NC1(c2cc(-c3cnn(C)c3)nc3ccccc23)CC1. The van der Waals surface area contributed by atoms with E-state index < -0.39 is 0 Å². The molecular weight excluding hydrogens is 386 g/mol. The van der Waals surface area contributed by atoms with Crippen molar-refractivity contribution in [2.75, 3.05) is 0 Å². The molecule has 0 bridgehead atoms. The molecule has 31 heavy (non-hydrogen) atoms. The van der Waals surface area contributed by atoms with Crippen molar-refractivity contribution in [3.05, 3.63) is 83.2 Å². The molecule has 5 rings (SSSR count). The second-order valence-electron chi connectivity index (χ2n) is 8.36. The van der Waals surface area contributed by atoms with Crippen LogP contribution < -0.4 is 11.1 Å². The van der Waals surface area contributed by atoms with Crippen molar-refractivity contribution >= 4 is 16.8 Å². The summed E-state index contributed by atoms with van der Waals surface area (Å²) < 4.78 is 1.77. The fourth-order valence-corrected chi connectivity index (χ4v) is 4.18. The second kappa shape index (κ2) is 7.32. The molecule has 156 valence electrons. The average Bonchev–Trinajstić information content (AvgIpc) is 3.43. The molecule has 0 atom stereocenters. The Balaban J connectivity index is 1.58. The lowest BCUT2D eigenvalue weighted by Crippen LogP contribution is -2.35. The third kappa shape index (κ3) is 3.49. The van der Waals surface area contributed by atoms with Gasteiger partial charge >= 0.3 is 0 Å². The summed E-state index contributed by atoms with van der Waals surface area (Å²) >= 11 is 0. The highest BCUT2D eigenvalue weighted by Crippen LogP contribution is 2.48. The number of aromatic nitrogens is 3. The van der Waals surface area contributed by atoms with Gasteiger partial charge in [0.2, 0.25) is 0 Å². The first kappa shape index (κ1) is 19.5. The smallest absolute Gasteiger partial charge is 0.252 e. The number of carbonyl (C=O) groups is 1. The number of benzene rings is 2. The van der Waals surface area contributed by atoms with Gasteiger partial charge < -0.3 is 11.1 Å². The van der Waals surface area contributed by atoms with Gasteiger partial charge in [-0.25, -0.2) is 4.98 Å². The van der Waals surface area contributed by atoms with E-state index in [2.05, 4.69) is 22.5 Å². The molecule has 1 aliphatic carbocycles. The summed E-state index contributed by atoms with van der Waals surface area (Å²) in [5.74, 6) is -0.0610. The van der Waals surface area contributed by atoms with E-state index in [1.165, 1.54) is 0 Å². The van der Waals surface area contributed by atoms with Crippen LogP contribution in [-0.2, 0) is 19.1 Å². The van der Waals surface area contributed by atoms with Crippen molar-refractivity contribution < 1.29 is 4.79 Å². The third-order valence-electron chi connectivity index (χ3n) is 6.12. The predicted molar refractivity (Wildman–Crippen MR) is 121 cm³/mol. The highest BCUT2D eigenvalue weighted by Gasteiger charge is 2.47. The van der Waals surface area contributed by atoms with Crippen LogP contribution in [0.2, 0.25) is 0 Å². The molecule has 3 N–H and O–H groups in total. The van der Waals surface area contributed by atoms with Crippen molar-refractivity contribution in [1.82, 2.24) is 20.1 Å². The van der Waals surface area contributed by atoms with Gasteiger partial charge in [0.05, 0.1) is 22.9 Å². The lowest BCUT2D eigenvalue weighted by atomic mass is 9.96. The van der Waals surface area contributed by atoms with Gasteiger partial charge in [-0.3, -0.25) is 9.48 Å². The Bertz CT molecular complexity index is 1300. The number of fused-ring (bicyclic) bond motifs is 1. The summed E-state index contributed by atoms with van der Waals surface area (Å²) in [5.41, 5.74) is 11.8. The van der Waals surface area contributed by atoms with Crippen LogP contribution in [0.15, 0.2) is 60.9 Å². The molecular formula is C25H25N5O. The minimum Gasteiger partial charge on any atom is -0.342 e. The molecule has 2 heterocycles. The summed E-state index contributed by atoms with van der Waals surface area (Å²) in [5, 5.41) is 8.70. The van der Waals surface area contributed by atoms with Gasteiger partial charge in [-0.1, -0.05) is 30.3 Å². The van der Waals surface area contributed by atoms with Gasteiger partial charge in [0.1, 0.15) is 0 Å². The Kier molecular flexibility index (Phi) is 4.59. The summed E-state index contributed by atoms with van der Waals surface area (Å²) in [6.45, 7) is 2.37. The number of nitrogens with zero attached hydrogens (tertiary/aromatic N) is 3. The monoisotopic (exact) mass is 411 g/mol. The highest BCUT2D eigenvalue weighted by atomic mass is 16.1. The van der Waals surface area contributed by atoms with Crippen LogP contribution in [0.25, 0.3) is 22.2 Å². The van der Waals surface area contributed by atoms with Gasteiger partial charge in [0.25, 0.3) is 5.91 Å². The molecule has 6 nitrogen and oxygen atoms in total. The lowest BCUT2D eigenvalue weighted by Gasteiger charge is -2.21. The number of amides is 1. The molecule has 6 heteroatoms. The minimum atomic E-state index is -0.387. The first-order chi connectivity index (χ1) is 15.0. The molecule has 0 aliphatic heterocycles. The minimum absolute atomic E-state index is 0.0610. The Hall–Kier alpha value is -3.51. The van der Waals surface area contributed by atoms with Crippen LogP contribution in [-0.4, -0.2) is 20.7 Å². The first-order valence-electron chi connectivity index (χ1n) is 10.5. The normalized spacial score (nSPS) is 14.5. The van der Waals surface area contributed by atoms with Crippen molar-refractivity contribution in [1.29, 1.82) is 0 Å². The number of para-hydroxylation sites is 1. The van der Waals surface area contributed by atoms with Crippen LogP contribution in [0.1, 0.15) is 39.9 Å². The number of hydrogen-bond acceptors (Lipinski definition) is 4. The van der Waals surface area contributed by atoms with E-state index in [0.29, 0.717) is 12.1 Å². The van der Waals surface area contributed by atoms with E-state index in [1.807, 2.05) is 62.8 Å². The van der Waals surface area contributed by atoms with E-state index in [-0.39, 0.29) is 11.4 Å². The number of nitrogens with one attached hydrogen (secondary N) is 1. The van der Waals surface area contributed by atoms with Gasteiger partial charge in [-0.05, 0) is 54.7 Å². The average molecular weight is 412 g/mol. The van der Waals surface area contributed by atoms with Crippen molar-refractivity contribution in [3.8, 4) is 11.3 Å². The van der Waals surface area contributed by atoms with Gasteiger partial charge in [-0.15, -0.1) is 0 Å². The first-order valence-corrected chi connectivity index (χ1v) is 10.5. The third-order valence-corrected chi connectivity index (χ3v) is 6.12. The quantitative estimate of drug-likeness (QED) is 0.523. The highest BCUT2D eigenvalue weighted by molar-refractivity contribution is 5.97. The van der Waals surface area contributed by atoms with Crippen LogP contribution >= 0.6 is 0 Å². The van der Waals surface area contributed by atoms with E-state index >= 15 is 0 Å². The number of nitrogens with two attached hydrogens (primary N) is 1. The van der Waals surface area contributed by atoms with Crippen LogP contribution in [0.5, 0.6) is 0 Å². The molecule has 0 saturated heterocycles. The fraction of sp³-hybridized carbons (Fsp3) is 0.240. The van der Waals surface area contributed by atoms with Crippen molar-refractivity contribution in [2.24, 2.45) is 12.8 Å². The molecule has 4 aromatic rings. The Labute approximate surface area is 181 Å². The van der Waals surface area contributed by atoms with Crippen molar-refractivity contribution in [3.63, 3.8) is 0 Å². The van der Waals surface area contributed by atoms with Crippen LogP contribution in [0.4, 0.5) is 0 Å². The fourth-order valence-electron chi connectivity index (χ4n) is 4.18. The maximum Gasteiger partial charge on any atom is 0.252 e. The summed E-state index contributed by atoms with van der Waals surface area (Å²) in [6, 6.07) is 16.0. The van der Waals surface area contributed by atoms with Gasteiger partial charge in [0.15, 0.2) is 0 Å². The molecule has 1 fully saturated rings. The lowest BCUT2D eigenvalue weighted by molar-refractivity contribution is 0.0930. The van der Waals surface area contributed by atoms with E-state index in [9.17, 15) is 4.79 Å². The zero-order valence-corrected chi connectivity index (χ0v) is 17.7. The molecule has 1 aliphatic rings. The number of rotatable bonds is 5. The Morgan fingerprint density at radius 1 is 1.19 bits per heavy atom. The molecule has 1 amide bonds. The van der Waals surface area contributed by atoms with E-state index in [4.69, 9.17) is 10.7 Å². The second-order valence-corrected chi connectivity index (χ2v) is 8.36. The van der Waals surface area contributed by atoms with Crippen LogP contribution in [0.3, 0.4) is 0 Å². The zero-order chi connectivity index (χ0) is 21.6. The summed E-state index contributed by atoms with van der Waals surface area (Å²) in [4.78, 5) is 18.1. The summed E-state index contributed by atoms with van der Waals surface area (Å²) in [7, 11) is 1.89. The predicted octanol–water partition coefficient (Wildman–Crippen LogP) is 3.82. The molecule has 0 radical (unpaired) electrons. The standard InChI is InChI=1S/C25H25N5O/c1-16-7-8-17(13-26)11-20(16)24(31)29-25(9-10-25)21-12-23(18-14-27-30(2)15-18)28-22-6-4-3-5-19(21)22/h3-8,11-12,14-15H,9-10,13,26H2,1-2H3,(H,29,31). The number of aryl methyl sites for hydroxylation is 2. The maximum absolute atomic E-state index is 13.3. The molecule has 0 spiro atoms. The number of hydrogen-bond donors (Lipinski definition) is 2. The molecule has 2 aromatic carbocycles. The van der Waals surface area contributed by atoms with Gasteiger partial charge in [0, 0.05) is 36.3 Å².